The molecular weight excluding hydrogens is 324 g/mol. The summed E-state index contributed by atoms with van der Waals surface area (Å²) in [5.74, 6) is 0.125. The van der Waals surface area contributed by atoms with Gasteiger partial charge in [0.1, 0.15) is 11.5 Å². The van der Waals surface area contributed by atoms with E-state index >= 15 is 0 Å². The molecule has 1 heterocycles. The number of likely N-dealkylation sites (tertiary alicyclic amines) is 1. The zero-order valence-corrected chi connectivity index (χ0v) is 15.2. The van der Waals surface area contributed by atoms with E-state index in [2.05, 4.69) is 5.32 Å². The van der Waals surface area contributed by atoms with Gasteiger partial charge in [-0.3, -0.25) is 4.79 Å². The Balaban J connectivity index is 2.19. The molecule has 0 aliphatic carbocycles. The zero-order chi connectivity index (χ0) is 18.6. The van der Waals surface area contributed by atoms with Crippen LogP contribution in [-0.4, -0.2) is 49.3 Å². The highest BCUT2D eigenvalue weighted by atomic mass is 16.5. The first kappa shape index (κ1) is 18.9. The van der Waals surface area contributed by atoms with Crippen LogP contribution in [0.5, 0.6) is 11.5 Å². The van der Waals surface area contributed by atoms with Crippen LogP contribution in [0.1, 0.15) is 38.2 Å². The van der Waals surface area contributed by atoms with Crippen LogP contribution in [0.2, 0.25) is 0 Å². The van der Waals surface area contributed by atoms with Crippen LogP contribution in [0.4, 0.5) is 10.5 Å². The Labute approximate surface area is 147 Å². The Kier molecular flexibility index (Phi) is 6.12. The van der Waals surface area contributed by atoms with Gasteiger partial charge in [-0.05, 0) is 18.8 Å². The number of carboxylic acid groups (broad SMARTS) is 1. The van der Waals surface area contributed by atoms with Crippen molar-refractivity contribution in [2.45, 2.75) is 32.6 Å². The number of hydrogen-bond acceptors (Lipinski definition) is 4. The number of benzene rings is 1. The summed E-state index contributed by atoms with van der Waals surface area (Å²) in [6.45, 7) is 4.85. The van der Waals surface area contributed by atoms with Gasteiger partial charge in [-0.2, -0.15) is 0 Å². The molecule has 0 aromatic heterocycles. The molecule has 2 rings (SSSR count). The molecule has 1 saturated heterocycles. The molecular formula is C18H26N2O5. The second kappa shape index (κ2) is 8.09. The van der Waals surface area contributed by atoms with Crippen LogP contribution in [0.15, 0.2) is 12.1 Å². The second-order valence-electron chi connectivity index (χ2n) is 6.50. The molecule has 1 atom stereocenters. The average molecular weight is 350 g/mol. The molecule has 1 fully saturated rings. The number of urea groups is 1. The number of anilines is 1. The Morgan fingerprint density at radius 1 is 1.24 bits per heavy atom. The van der Waals surface area contributed by atoms with E-state index in [0.29, 0.717) is 36.6 Å². The van der Waals surface area contributed by atoms with Crippen LogP contribution < -0.4 is 14.8 Å². The lowest BCUT2D eigenvalue weighted by Crippen LogP contribution is -2.44. The standard InChI is InChI=1S/C18H26N2O5/c1-11(2)16-14(24-3)8-13(9-15(16)25-4)19-18(23)20-7-5-6-12(10-20)17(21)22/h8-9,11-12H,5-7,10H2,1-4H3,(H,19,23)(H,21,22). The first-order valence-corrected chi connectivity index (χ1v) is 8.42. The SMILES string of the molecule is COc1cc(NC(=O)N2CCCC(C(=O)O)C2)cc(OC)c1C(C)C. The summed E-state index contributed by atoms with van der Waals surface area (Å²) in [7, 11) is 3.16. The largest absolute Gasteiger partial charge is 0.496 e. The summed E-state index contributed by atoms with van der Waals surface area (Å²) >= 11 is 0. The van der Waals surface area contributed by atoms with Gasteiger partial charge in [0.2, 0.25) is 0 Å². The molecule has 1 aliphatic rings. The van der Waals surface area contributed by atoms with Gasteiger partial charge < -0.3 is 24.8 Å². The number of hydrogen-bond donors (Lipinski definition) is 2. The molecule has 1 aromatic carbocycles. The lowest BCUT2D eigenvalue weighted by molar-refractivity contribution is -0.143. The van der Waals surface area contributed by atoms with E-state index in [9.17, 15) is 9.59 Å². The molecule has 0 radical (unpaired) electrons. The molecule has 7 heteroatoms. The number of nitrogens with zero attached hydrogens (tertiary/aromatic N) is 1. The number of piperidine rings is 1. The minimum Gasteiger partial charge on any atom is -0.496 e. The molecule has 0 bridgehead atoms. The Bertz CT molecular complexity index is 619. The number of ether oxygens (including phenoxy) is 2. The van der Waals surface area contributed by atoms with Crippen molar-refractivity contribution >= 4 is 17.7 Å². The fraction of sp³-hybridized carbons (Fsp3) is 0.556. The number of aliphatic carboxylic acids is 1. The summed E-state index contributed by atoms with van der Waals surface area (Å²) in [5, 5.41) is 12.0. The highest BCUT2D eigenvalue weighted by Crippen LogP contribution is 2.38. The number of methoxy groups -OCH3 is 2. The van der Waals surface area contributed by atoms with Crippen LogP contribution >= 0.6 is 0 Å². The molecule has 2 amide bonds. The summed E-state index contributed by atoms with van der Waals surface area (Å²) < 4.78 is 10.9. The van der Waals surface area contributed by atoms with E-state index in [0.717, 1.165) is 5.56 Å². The molecule has 25 heavy (non-hydrogen) atoms. The smallest absolute Gasteiger partial charge is 0.321 e. The zero-order valence-electron chi connectivity index (χ0n) is 15.2. The summed E-state index contributed by atoms with van der Waals surface area (Å²) in [6.07, 6.45) is 1.28. The van der Waals surface area contributed by atoms with Crippen molar-refractivity contribution in [2.24, 2.45) is 5.92 Å². The van der Waals surface area contributed by atoms with E-state index in [1.165, 1.54) is 4.90 Å². The van der Waals surface area contributed by atoms with Gasteiger partial charge in [-0.15, -0.1) is 0 Å². The molecule has 138 valence electrons. The van der Waals surface area contributed by atoms with Gasteiger partial charge in [0, 0.05) is 36.5 Å². The predicted molar refractivity (Wildman–Crippen MR) is 94.6 cm³/mol. The fourth-order valence-electron chi connectivity index (χ4n) is 3.15. The normalized spacial score (nSPS) is 17.3. The predicted octanol–water partition coefficient (Wildman–Crippen LogP) is 3.16. The van der Waals surface area contributed by atoms with E-state index in [1.54, 1.807) is 26.4 Å². The Morgan fingerprint density at radius 3 is 2.32 bits per heavy atom. The number of rotatable bonds is 5. The summed E-state index contributed by atoms with van der Waals surface area (Å²) in [6, 6.07) is 3.20. The highest BCUT2D eigenvalue weighted by molar-refractivity contribution is 5.90. The fourth-order valence-corrected chi connectivity index (χ4v) is 3.15. The first-order chi connectivity index (χ1) is 11.9. The Morgan fingerprint density at radius 2 is 1.84 bits per heavy atom. The molecule has 7 nitrogen and oxygen atoms in total. The third-order valence-corrected chi connectivity index (χ3v) is 4.43. The third-order valence-electron chi connectivity index (χ3n) is 4.43. The van der Waals surface area contributed by atoms with Crippen molar-refractivity contribution < 1.29 is 24.2 Å². The molecule has 1 unspecified atom stereocenters. The number of nitrogens with one attached hydrogen (secondary N) is 1. The second-order valence-corrected chi connectivity index (χ2v) is 6.50. The highest BCUT2D eigenvalue weighted by Gasteiger charge is 2.28. The summed E-state index contributed by atoms with van der Waals surface area (Å²) in [4.78, 5) is 25.2. The van der Waals surface area contributed by atoms with Crippen LogP contribution in [-0.2, 0) is 4.79 Å². The molecule has 0 spiro atoms. The van der Waals surface area contributed by atoms with Gasteiger partial charge in [0.05, 0.1) is 20.1 Å². The lowest BCUT2D eigenvalue weighted by Gasteiger charge is -2.30. The molecule has 2 N–H and O–H groups in total. The maximum atomic E-state index is 12.5. The van der Waals surface area contributed by atoms with Gasteiger partial charge in [0.25, 0.3) is 0 Å². The first-order valence-electron chi connectivity index (χ1n) is 8.42. The van der Waals surface area contributed by atoms with Crippen LogP contribution in [0.25, 0.3) is 0 Å². The van der Waals surface area contributed by atoms with Crippen molar-refractivity contribution in [1.82, 2.24) is 4.90 Å². The maximum Gasteiger partial charge on any atom is 0.321 e. The van der Waals surface area contributed by atoms with E-state index in [4.69, 9.17) is 14.6 Å². The van der Waals surface area contributed by atoms with Gasteiger partial charge >= 0.3 is 12.0 Å². The van der Waals surface area contributed by atoms with Gasteiger partial charge in [0.15, 0.2) is 0 Å². The Hall–Kier alpha value is -2.44. The van der Waals surface area contributed by atoms with E-state index in [1.807, 2.05) is 13.8 Å². The van der Waals surface area contributed by atoms with E-state index in [-0.39, 0.29) is 18.5 Å². The summed E-state index contributed by atoms with van der Waals surface area (Å²) in [5.41, 5.74) is 1.49. The molecule has 1 aromatic rings. The average Bonchev–Trinajstić information content (AvgIpc) is 2.60. The van der Waals surface area contributed by atoms with Crippen molar-refractivity contribution in [1.29, 1.82) is 0 Å². The topological polar surface area (TPSA) is 88.1 Å². The number of amides is 2. The quantitative estimate of drug-likeness (QED) is 0.852. The van der Waals surface area contributed by atoms with Crippen molar-refractivity contribution in [3.63, 3.8) is 0 Å². The molecule has 1 aliphatic heterocycles. The third kappa shape index (κ3) is 4.35. The monoisotopic (exact) mass is 350 g/mol. The van der Waals surface area contributed by atoms with Crippen LogP contribution in [0.3, 0.4) is 0 Å². The van der Waals surface area contributed by atoms with Crippen molar-refractivity contribution in [3.8, 4) is 11.5 Å². The minimum atomic E-state index is -0.859. The maximum absolute atomic E-state index is 12.5. The van der Waals surface area contributed by atoms with Crippen molar-refractivity contribution in [2.75, 3.05) is 32.6 Å². The lowest BCUT2D eigenvalue weighted by atomic mass is 9.98. The van der Waals surface area contributed by atoms with Crippen molar-refractivity contribution in [3.05, 3.63) is 17.7 Å². The number of carbonyl (C=O) groups is 2. The van der Waals surface area contributed by atoms with Gasteiger partial charge in [-0.1, -0.05) is 13.8 Å². The van der Waals surface area contributed by atoms with E-state index < -0.39 is 11.9 Å². The van der Waals surface area contributed by atoms with Crippen LogP contribution in [0, 0.1) is 5.92 Å². The number of carbonyl (C=O) groups excluding carboxylic acids is 1. The number of carboxylic acids is 1. The van der Waals surface area contributed by atoms with Gasteiger partial charge in [-0.25, -0.2) is 4.79 Å². The minimum absolute atomic E-state index is 0.202. The molecule has 0 saturated carbocycles.